The summed E-state index contributed by atoms with van der Waals surface area (Å²) < 4.78 is 18.9. The zero-order chi connectivity index (χ0) is 15.7. The quantitative estimate of drug-likeness (QED) is 0.645. The number of nitrogens with zero attached hydrogens (tertiary/aromatic N) is 1. The number of ether oxygens (including phenoxy) is 3. The Morgan fingerprint density at radius 3 is 2.45 bits per heavy atom. The molecule has 2 aliphatic heterocycles. The molecule has 2 heterocycles. The Kier molecular flexibility index (Phi) is 3.04. The third-order valence-corrected chi connectivity index (χ3v) is 5.61. The molecule has 1 spiro atoms. The molecule has 0 radical (unpaired) electrons. The first-order valence-electron chi connectivity index (χ1n) is 8.37. The lowest BCUT2D eigenvalue weighted by molar-refractivity contribution is -0.205. The fourth-order valence-electron chi connectivity index (χ4n) is 4.79. The van der Waals surface area contributed by atoms with Gasteiger partial charge in [-0.25, -0.2) is 0 Å². The van der Waals surface area contributed by atoms with Crippen LogP contribution in [0, 0.1) is 0 Å². The van der Waals surface area contributed by atoms with E-state index in [0.717, 1.165) is 31.3 Å². The lowest BCUT2D eigenvalue weighted by Gasteiger charge is -2.35. The van der Waals surface area contributed by atoms with Crippen molar-refractivity contribution in [2.75, 3.05) is 0 Å². The highest BCUT2D eigenvalue weighted by Crippen LogP contribution is 2.52. The van der Waals surface area contributed by atoms with E-state index in [9.17, 15) is 4.79 Å². The van der Waals surface area contributed by atoms with Crippen LogP contribution in [0.25, 0.3) is 0 Å². The minimum atomic E-state index is -0.624. The molecule has 2 aliphatic carbocycles. The number of amides is 1. The van der Waals surface area contributed by atoms with E-state index in [1.165, 1.54) is 6.42 Å². The van der Waals surface area contributed by atoms with Crippen molar-refractivity contribution in [1.82, 2.24) is 4.90 Å². The van der Waals surface area contributed by atoms with Crippen LogP contribution in [0.1, 0.15) is 52.9 Å². The van der Waals surface area contributed by atoms with E-state index < -0.39 is 11.5 Å². The highest BCUT2D eigenvalue weighted by Gasteiger charge is 2.65. The molecule has 0 aromatic heterocycles. The number of carbonyl (C=O) groups excluding carboxylic acids is 1. The van der Waals surface area contributed by atoms with Crippen LogP contribution in [0.15, 0.2) is 12.2 Å². The molecular formula is C17H25NO4. The predicted molar refractivity (Wildman–Crippen MR) is 80.0 cm³/mol. The number of hydrogen-bond acceptors (Lipinski definition) is 4. The second kappa shape index (κ2) is 4.56. The summed E-state index contributed by atoms with van der Waals surface area (Å²) in [7, 11) is 0. The Bertz CT molecular complexity index is 523. The van der Waals surface area contributed by atoms with Crippen molar-refractivity contribution in [3.05, 3.63) is 12.2 Å². The minimum absolute atomic E-state index is 0.00556. The van der Waals surface area contributed by atoms with Crippen LogP contribution in [0.4, 0.5) is 0 Å². The van der Waals surface area contributed by atoms with E-state index in [2.05, 4.69) is 6.58 Å². The van der Waals surface area contributed by atoms with Crippen LogP contribution in [0.5, 0.6) is 0 Å². The summed E-state index contributed by atoms with van der Waals surface area (Å²) in [6.07, 6.45) is 4.98. The summed E-state index contributed by atoms with van der Waals surface area (Å²) in [5.41, 5.74) is 0.305. The van der Waals surface area contributed by atoms with Crippen molar-refractivity contribution in [2.45, 2.75) is 88.7 Å². The number of hydrogen-bond donors (Lipinski definition) is 0. The van der Waals surface area contributed by atoms with E-state index in [-0.39, 0.29) is 30.3 Å². The van der Waals surface area contributed by atoms with Gasteiger partial charge in [0.15, 0.2) is 5.79 Å². The summed E-state index contributed by atoms with van der Waals surface area (Å²) in [6, 6.07) is -0.136. The zero-order valence-electron chi connectivity index (χ0n) is 13.6. The maximum Gasteiger partial charge on any atom is 0.222 e. The van der Waals surface area contributed by atoms with Crippen LogP contribution in [0.3, 0.4) is 0 Å². The summed E-state index contributed by atoms with van der Waals surface area (Å²) in [5.74, 6) is -0.440. The smallest absolute Gasteiger partial charge is 0.222 e. The van der Waals surface area contributed by atoms with Crippen molar-refractivity contribution in [1.29, 1.82) is 0 Å². The van der Waals surface area contributed by atoms with Gasteiger partial charge >= 0.3 is 0 Å². The van der Waals surface area contributed by atoms with Gasteiger partial charge in [0.25, 0.3) is 0 Å². The predicted octanol–water partition coefficient (Wildman–Crippen LogP) is 2.35. The third kappa shape index (κ3) is 1.85. The second-order valence-corrected chi connectivity index (χ2v) is 7.53. The first-order valence-corrected chi connectivity index (χ1v) is 8.37. The first kappa shape index (κ1) is 14.7. The van der Waals surface area contributed by atoms with Gasteiger partial charge in [0.05, 0.1) is 6.04 Å². The Balaban J connectivity index is 1.63. The van der Waals surface area contributed by atoms with E-state index in [1.54, 1.807) is 11.8 Å². The fraction of sp³-hybridized carbons (Fsp3) is 0.824. The summed E-state index contributed by atoms with van der Waals surface area (Å²) >= 11 is 0. The lowest BCUT2D eigenvalue weighted by Crippen LogP contribution is -2.48. The number of rotatable bonds is 0. The van der Waals surface area contributed by atoms with Crippen molar-refractivity contribution < 1.29 is 19.0 Å². The van der Waals surface area contributed by atoms with Gasteiger partial charge < -0.3 is 19.1 Å². The van der Waals surface area contributed by atoms with Gasteiger partial charge in [-0.1, -0.05) is 13.0 Å². The Labute approximate surface area is 131 Å². The second-order valence-electron chi connectivity index (χ2n) is 7.53. The van der Waals surface area contributed by atoms with Gasteiger partial charge in [0.1, 0.15) is 24.0 Å². The average molecular weight is 307 g/mol. The summed E-state index contributed by atoms with van der Waals surface area (Å²) in [5, 5.41) is 0. The Morgan fingerprint density at radius 2 is 1.82 bits per heavy atom. The van der Waals surface area contributed by atoms with Crippen LogP contribution in [-0.4, -0.2) is 46.7 Å². The molecule has 5 heteroatoms. The summed E-state index contributed by atoms with van der Waals surface area (Å²) in [4.78, 5) is 13.9. The van der Waals surface area contributed by atoms with Gasteiger partial charge in [0, 0.05) is 19.8 Å². The highest BCUT2D eigenvalue weighted by molar-refractivity contribution is 5.75. The molecule has 0 unspecified atom stereocenters. The molecule has 22 heavy (non-hydrogen) atoms. The van der Waals surface area contributed by atoms with Crippen LogP contribution in [0.2, 0.25) is 0 Å². The molecule has 4 atom stereocenters. The standard InChI is InChI=1S/C17H25NO4/c1-10-12-14(20-16(3,4)18(12)11(2)19)15-13(10)21-17(22-15)8-6-5-7-9-17/h12-15H,1,5-9H2,2-4H3/t12-,13-,14-,15-/m1/s1. The maximum absolute atomic E-state index is 12.1. The van der Waals surface area contributed by atoms with E-state index in [1.807, 2.05) is 13.8 Å². The molecule has 0 bridgehead atoms. The van der Waals surface area contributed by atoms with Gasteiger partial charge in [-0.3, -0.25) is 4.79 Å². The topological polar surface area (TPSA) is 48.0 Å². The van der Waals surface area contributed by atoms with Gasteiger partial charge in [-0.05, 0) is 32.3 Å². The van der Waals surface area contributed by atoms with Gasteiger partial charge in [0.2, 0.25) is 5.91 Å². The monoisotopic (exact) mass is 307 g/mol. The molecule has 2 saturated heterocycles. The Morgan fingerprint density at radius 1 is 1.14 bits per heavy atom. The van der Waals surface area contributed by atoms with E-state index >= 15 is 0 Å². The molecule has 4 fully saturated rings. The molecule has 4 rings (SSSR count). The number of fused-ring (bicyclic) bond motifs is 3. The molecule has 5 nitrogen and oxygen atoms in total. The Hall–Kier alpha value is -0.910. The minimum Gasteiger partial charge on any atom is -0.348 e. The van der Waals surface area contributed by atoms with Crippen LogP contribution in [-0.2, 0) is 19.0 Å². The van der Waals surface area contributed by atoms with E-state index in [4.69, 9.17) is 14.2 Å². The third-order valence-electron chi connectivity index (χ3n) is 5.61. The normalized spacial score (nSPS) is 41.8. The van der Waals surface area contributed by atoms with Gasteiger partial charge in [-0.15, -0.1) is 0 Å². The molecule has 0 aromatic carbocycles. The average Bonchev–Trinajstić information content (AvgIpc) is 3.00. The lowest BCUT2D eigenvalue weighted by atomic mass is 9.94. The van der Waals surface area contributed by atoms with Crippen molar-refractivity contribution in [3.8, 4) is 0 Å². The highest BCUT2D eigenvalue weighted by atomic mass is 16.8. The van der Waals surface area contributed by atoms with Crippen molar-refractivity contribution >= 4 is 5.91 Å². The van der Waals surface area contributed by atoms with Crippen molar-refractivity contribution in [2.24, 2.45) is 0 Å². The first-order chi connectivity index (χ1) is 10.3. The van der Waals surface area contributed by atoms with Crippen LogP contribution < -0.4 is 0 Å². The zero-order valence-corrected chi connectivity index (χ0v) is 13.6. The van der Waals surface area contributed by atoms with Gasteiger partial charge in [-0.2, -0.15) is 0 Å². The molecule has 0 N–H and O–H groups in total. The van der Waals surface area contributed by atoms with E-state index in [0.29, 0.717) is 0 Å². The maximum atomic E-state index is 12.1. The molecule has 1 amide bonds. The molecular weight excluding hydrogens is 282 g/mol. The fourth-order valence-corrected chi connectivity index (χ4v) is 4.79. The van der Waals surface area contributed by atoms with Crippen molar-refractivity contribution in [3.63, 3.8) is 0 Å². The molecule has 4 aliphatic rings. The summed E-state index contributed by atoms with van der Waals surface area (Å²) in [6.45, 7) is 9.68. The SMILES string of the molecule is C=C1[C@H]2OC3(CCCCC3)O[C@H]2[C@@H]2OC(C)(C)N(C(C)=O)[C@H]12. The molecule has 2 saturated carbocycles. The number of carbonyl (C=O) groups is 1. The molecule has 0 aromatic rings. The molecule has 122 valence electrons. The van der Waals surface area contributed by atoms with Crippen LogP contribution >= 0.6 is 0 Å². The largest absolute Gasteiger partial charge is 0.348 e.